The van der Waals surface area contributed by atoms with Crippen LogP contribution in [0.2, 0.25) is 5.15 Å². The summed E-state index contributed by atoms with van der Waals surface area (Å²) in [5.74, 6) is 0.358. The zero-order chi connectivity index (χ0) is 11.5. The molecular formula is C11H11ClFN3. The second-order valence-electron chi connectivity index (χ2n) is 3.40. The van der Waals surface area contributed by atoms with Crippen LogP contribution in [0.4, 0.5) is 4.39 Å². The Bertz CT molecular complexity index is 478. The van der Waals surface area contributed by atoms with Crippen LogP contribution in [0.5, 0.6) is 0 Å². The smallest absolute Gasteiger partial charge is 0.150 e. The number of hydrogen-bond donors (Lipinski definition) is 2. The second-order valence-corrected chi connectivity index (χ2v) is 3.76. The summed E-state index contributed by atoms with van der Waals surface area (Å²) >= 11 is 5.93. The molecule has 0 fully saturated rings. The molecule has 2 rings (SSSR count). The summed E-state index contributed by atoms with van der Waals surface area (Å²) in [4.78, 5) is 7.23. The fourth-order valence-electron chi connectivity index (χ4n) is 1.44. The van der Waals surface area contributed by atoms with Crippen molar-refractivity contribution in [1.29, 1.82) is 0 Å². The molecule has 0 atom stereocenters. The molecule has 0 aliphatic heterocycles. The molecule has 0 aliphatic rings. The Morgan fingerprint density at radius 3 is 2.62 bits per heavy atom. The molecule has 84 valence electrons. The number of imidazole rings is 1. The number of aromatic amines is 1. The fraction of sp³-hybridized carbons (Fsp3) is 0.182. The SMILES string of the molecule is NCCc1[nH]c(-c2ccc(F)cc2)nc1Cl. The number of hydrogen-bond acceptors (Lipinski definition) is 2. The van der Waals surface area contributed by atoms with Crippen LogP contribution in [0.1, 0.15) is 5.69 Å². The van der Waals surface area contributed by atoms with E-state index in [0.717, 1.165) is 11.3 Å². The van der Waals surface area contributed by atoms with Gasteiger partial charge >= 0.3 is 0 Å². The number of H-pyrrole nitrogens is 1. The third kappa shape index (κ3) is 2.23. The first-order chi connectivity index (χ1) is 7.70. The molecule has 3 nitrogen and oxygen atoms in total. The number of rotatable bonds is 3. The summed E-state index contributed by atoms with van der Waals surface area (Å²) in [6.07, 6.45) is 0.646. The van der Waals surface area contributed by atoms with Gasteiger partial charge in [0, 0.05) is 12.0 Å². The molecule has 0 bridgehead atoms. The van der Waals surface area contributed by atoms with Crippen molar-refractivity contribution in [3.05, 3.63) is 40.9 Å². The van der Waals surface area contributed by atoms with Crippen molar-refractivity contribution in [1.82, 2.24) is 9.97 Å². The van der Waals surface area contributed by atoms with E-state index in [9.17, 15) is 4.39 Å². The maximum atomic E-state index is 12.7. The van der Waals surface area contributed by atoms with Crippen LogP contribution in [0, 0.1) is 5.82 Å². The Balaban J connectivity index is 2.33. The van der Waals surface area contributed by atoms with Gasteiger partial charge in [-0.1, -0.05) is 11.6 Å². The van der Waals surface area contributed by atoms with Gasteiger partial charge in [0.25, 0.3) is 0 Å². The molecule has 0 saturated heterocycles. The van der Waals surface area contributed by atoms with E-state index < -0.39 is 0 Å². The topological polar surface area (TPSA) is 54.7 Å². The van der Waals surface area contributed by atoms with Crippen LogP contribution in [0.25, 0.3) is 11.4 Å². The van der Waals surface area contributed by atoms with E-state index in [4.69, 9.17) is 17.3 Å². The Kier molecular flexibility index (Phi) is 3.22. The van der Waals surface area contributed by atoms with Crippen LogP contribution in [-0.4, -0.2) is 16.5 Å². The van der Waals surface area contributed by atoms with Gasteiger partial charge in [0.2, 0.25) is 0 Å². The molecule has 3 N–H and O–H groups in total. The largest absolute Gasteiger partial charge is 0.341 e. The van der Waals surface area contributed by atoms with Crippen LogP contribution in [0.15, 0.2) is 24.3 Å². The predicted octanol–water partition coefficient (Wildman–Crippen LogP) is 2.37. The van der Waals surface area contributed by atoms with E-state index in [0.29, 0.717) is 23.9 Å². The lowest BCUT2D eigenvalue weighted by Gasteiger charge is -1.96. The number of halogens is 2. The van der Waals surface area contributed by atoms with Crippen molar-refractivity contribution in [3.8, 4) is 11.4 Å². The van der Waals surface area contributed by atoms with Gasteiger partial charge in [0.05, 0.1) is 5.69 Å². The Hall–Kier alpha value is -1.39. The van der Waals surface area contributed by atoms with Gasteiger partial charge in [-0.05, 0) is 30.8 Å². The molecule has 0 radical (unpaired) electrons. The normalized spacial score (nSPS) is 10.7. The summed E-state index contributed by atoms with van der Waals surface area (Å²) in [7, 11) is 0. The molecule has 16 heavy (non-hydrogen) atoms. The first-order valence-corrected chi connectivity index (χ1v) is 5.29. The van der Waals surface area contributed by atoms with Crippen molar-refractivity contribution < 1.29 is 4.39 Å². The molecule has 2 aromatic rings. The molecule has 0 spiro atoms. The highest BCUT2D eigenvalue weighted by atomic mass is 35.5. The van der Waals surface area contributed by atoms with E-state index in [-0.39, 0.29) is 5.82 Å². The number of nitrogens with two attached hydrogens (primary N) is 1. The quantitative estimate of drug-likeness (QED) is 0.864. The van der Waals surface area contributed by atoms with Gasteiger partial charge in [-0.2, -0.15) is 0 Å². The van der Waals surface area contributed by atoms with Gasteiger partial charge in [-0.25, -0.2) is 9.37 Å². The molecule has 0 amide bonds. The number of nitrogens with one attached hydrogen (secondary N) is 1. The highest BCUT2D eigenvalue weighted by Gasteiger charge is 2.08. The number of benzene rings is 1. The van der Waals surface area contributed by atoms with E-state index in [1.165, 1.54) is 12.1 Å². The van der Waals surface area contributed by atoms with Gasteiger partial charge in [0.1, 0.15) is 11.6 Å². The van der Waals surface area contributed by atoms with E-state index >= 15 is 0 Å². The van der Waals surface area contributed by atoms with E-state index in [1.54, 1.807) is 12.1 Å². The van der Waals surface area contributed by atoms with Crippen LogP contribution >= 0.6 is 11.6 Å². The Morgan fingerprint density at radius 1 is 1.31 bits per heavy atom. The zero-order valence-corrected chi connectivity index (χ0v) is 9.26. The molecular weight excluding hydrogens is 229 g/mol. The third-order valence-electron chi connectivity index (χ3n) is 2.24. The van der Waals surface area contributed by atoms with Crippen molar-refractivity contribution >= 4 is 11.6 Å². The van der Waals surface area contributed by atoms with Gasteiger partial charge < -0.3 is 10.7 Å². The first-order valence-electron chi connectivity index (χ1n) is 4.91. The standard InChI is InChI=1S/C11H11ClFN3/c12-10-9(5-6-14)15-11(16-10)7-1-3-8(13)4-2-7/h1-4H,5-6,14H2,(H,15,16). The lowest BCUT2D eigenvalue weighted by molar-refractivity contribution is 0.628. The van der Waals surface area contributed by atoms with Crippen LogP contribution < -0.4 is 5.73 Å². The summed E-state index contributed by atoms with van der Waals surface area (Å²) < 4.78 is 12.7. The molecule has 0 aliphatic carbocycles. The molecule has 5 heteroatoms. The summed E-state index contributed by atoms with van der Waals surface area (Å²) in [6, 6.07) is 6.07. The minimum Gasteiger partial charge on any atom is -0.341 e. The van der Waals surface area contributed by atoms with Crippen molar-refractivity contribution in [2.24, 2.45) is 5.73 Å². The van der Waals surface area contributed by atoms with E-state index in [1.807, 2.05) is 0 Å². The van der Waals surface area contributed by atoms with E-state index in [2.05, 4.69) is 9.97 Å². The molecule has 1 aromatic heterocycles. The fourth-order valence-corrected chi connectivity index (χ4v) is 1.67. The maximum absolute atomic E-state index is 12.7. The van der Waals surface area contributed by atoms with Crippen molar-refractivity contribution in [2.75, 3.05) is 6.54 Å². The lowest BCUT2D eigenvalue weighted by atomic mass is 10.2. The molecule has 0 saturated carbocycles. The number of nitrogens with zero attached hydrogens (tertiary/aromatic N) is 1. The predicted molar refractivity (Wildman–Crippen MR) is 61.8 cm³/mol. The minimum absolute atomic E-state index is 0.274. The average Bonchev–Trinajstić information content (AvgIpc) is 2.62. The second kappa shape index (κ2) is 4.63. The first kappa shape index (κ1) is 11.1. The summed E-state index contributed by atoms with van der Waals surface area (Å²) in [5.41, 5.74) is 7.05. The Labute approximate surface area is 97.5 Å². The highest BCUT2D eigenvalue weighted by molar-refractivity contribution is 6.30. The van der Waals surface area contributed by atoms with Gasteiger partial charge in [-0.3, -0.25) is 0 Å². The molecule has 1 aromatic carbocycles. The van der Waals surface area contributed by atoms with Crippen LogP contribution in [-0.2, 0) is 6.42 Å². The van der Waals surface area contributed by atoms with Gasteiger partial charge in [-0.15, -0.1) is 0 Å². The van der Waals surface area contributed by atoms with Gasteiger partial charge in [0.15, 0.2) is 5.15 Å². The zero-order valence-electron chi connectivity index (χ0n) is 8.50. The average molecular weight is 240 g/mol. The highest BCUT2D eigenvalue weighted by Crippen LogP contribution is 2.21. The Morgan fingerprint density at radius 2 is 2.00 bits per heavy atom. The lowest BCUT2D eigenvalue weighted by Crippen LogP contribution is -2.03. The third-order valence-corrected chi connectivity index (χ3v) is 2.55. The van der Waals surface area contributed by atoms with Crippen LogP contribution in [0.3, 0.4) is 0 Å². The summed E-state index contributed by atoms with van der Waals surface area (Å²) in [5, 5.41) is 0.421. The van der Waals surface area contributed by atoms with Crippen molar-refractivity contribution in [3.63, 3.8) is 0 Å². The monoisotopic (exact) mass is 239 g/mol. The summed E-state index contributed by atoms with van der Waals surface area (Å²) in [6.45, 7) is 0.505. The molecule has 0 unspecified atom stereocenters. The number of aromatic nitrogens is 2. The minimum atomic E-state index is -0.274. The molecule has 1 heterocycles. The maximum Gasteiger partial charge on any atom is 0.150 e. The van der Waals surface area contributed by atoms with Crippen molar-refractivity contribution in [2.45, 2.75) is 6.42 Å².